The molecule has 0 atom stereocenters. The smallest absolute Gasteiger partial charge is 0.383 e. The normalized spacial score (nSPS) is 9.38. The summed E-state index contributed by atoms with van der Waals surface area (Å²) in [6, 6.07) is 19.4. The second kappa shape index (κ2) is 13.9. The van der Waals surface area contributed by atoms with Gasteiger partial charge in [-0.3, -0.25) is 0 Å². The summed E-state index contributed by atoms with van der Waals surface area (Å²) in [7, 11) is 0. The number of carbonyl (C=O) groups excluding carboxylic acids is 1. The summed E-state index contributed by atoms with van der Waals surface area (Å²) in [6.07, 6.45) is 5.87. The first-order valence-electron chi connectivity index (χ1n) is 9.34. The van der Waals surface area contributed by atoms with Gasteiger partial charge in [0.05, 0.1) is 6.29 Å². The van der Waals surface area contributed by atoms with E-state index in [0.29, 0.717) is 5.56 Å². The Morgan fingerprint density at radius 3 is 2.10 bits per heavy atom. The molecule has 0 fully saturated rings. The van der Waals surface area contributed by atoms with Gasteiger partial charge in [0.1, 0.15) is 0 Å². The molecule has 0 aliphatic heterocycles. The van der Waals surface area contributed by atoms with Crippen LogP contribution in [0.2, 0.25) is 0 Å². The molecule has 0 spiro atoms. The van der Waals surface area contributed by atoms with E-state index in [4.69, 9.17) is 0 Å². The fourth-order valence-electron chi connectivity index (χ4n) is 3.20. The molecule has 3 aromatic rings. The zero-order chi connectivity index (χ0) is 19.8. The van der Waals surface area contributed by atoms with E-state index in [1.54, 1.807) is 6.08 Å². The van der Waals surface area contributed by atoms with Crippen LogP contribution in [-0.4, -0.2) is 10.9 Å². The van der Waals surface area contributed by atoms with Crippen molar-refractivity contribution in [1.29, 1.82) is 0 Å². The van der Waals surface area contributed by atoms with Crippen molar-refractivity contribution in [3.05, 3.63) is 102 Å². The largest absolute Gasteiger partial charge is 1.00 e. The molecule has 0 aliphatic carbocycles. The molecule has 0 aliphatic rings. The maximum atomic E-state index is 11.1. The van der Waals surface area contributed by atoms with Gasteiger partial charge in [-0.25, -0.2) is 0 Å². The number of nitrogens with zero attached hydrogens (tertiary/aromatic N) is 1. The molecule has 0 amide bonds. The molecular formula is C26H30KNO-2. The summed E-state index contributed by atoms with van der Waals surface area (Å²) in [5, 5.41) is 0. The minimum atomic E-state index is 0. The minimum absolute atomic E-state index is 0. The van der Waals surface area contributed by atoms with E-state index in [1.807, 2.05) is 38.3 Å². The van der Waals surface area contributed by atoms with Crippen LogP contribution in [0.1, 0.15) is 47.5 Å². The first kappa shape index (κ1) is 27.8. The number of hydrogen-bond donors (Lipinski definition) is 0. The van der Waals surface area contributed by atoms with Crippen LogP contribution in [0.5, 0.6) is 0 Å². The number of benzene rings is 2. The van der Waals surface area contributed by atoms with Crippen molar-refractivity contribution >= 4 is 12.4 Å². The fraction of sp³-hybridized carbons (Fsp3) is 0.231. The maximum Gasteiger partial charge on any atom is 1.00 e. The van der Waals surface area contributed by atoms with Crippen molar-refractivity contribution in [3.63, 3.8) is 0 Å². The summed E-state index contributed by atoms with van der Waals surface area (Å²) >= 11 is 0. The topological polar surface area (TPSA) is 22.0 Å². The molecule has 0 bridgehead atoms. The third-order valence-corrected chi connectivity index (χ3v) is 4.77. The third kappa shape index (κ3) is 6.90. The second-order valence-corrected chi connectivity index (χ2v) is 6.39. The van der Waals surface area contributed by atoms with Crippen molar-refractivity contribution in [2.24, 2.45) is 0 Å². The van der Waals surface area contributed by atoms with Gasteiger partial charge in [-0.15, -0.1) is 23.8 Å². The molecule has 0 saturated carbocycles. The molecule has 3 rings (SSSR count). The Bertz CT molecular complexity index is 878. The van der Waals surface area contributed by atoms with E-state index >= 15 is 0 Å². The fourth-order valence-corrected chi connectivity index (χ4v) is 3.20. The molecule has 1 aromatic heterocycles. The zero-order valence-corrected chi connectivity index (χ0v) is 21.8. The summed E-state index contributed by atoms with van der Waals surface area (Å²) in [4.78, 5) is 11.1. The molecule has 148 valence electrons. The van der Waals surface area contributed by atoms with Crippen molar-refractivity contribution < 1.29 is 56.2 Å². The van der Waals surface area contributed by atoms with E-state index in [0.717, 1.165) is 35.5 Å². The van der Waals surface area contributed by atoms with E-state index in [-0.39, 0.29) is 58.8 Å². The predicted molar refractivity (Wildman–Crippen MR) is 121 cm³/mol. The van der Waals surface area contributed by atoms with Gasteiger partial charge < -0.3 is 16.8 Å². The predicted octanol–water partition coefficient (Wildman–Crippen LogP) is 3.26. The molecule has 0 saturated heterocycles. The Morgan fingerprint density at radius 1 is 1.03 bits per heavy atom. The van der Waals surface area contributed by atoms with Crippen LogP contribution < -0.4 is 51.4 Å². The molecular weight excluding hydrogens is 381 g/mol. The summed E-state index contributed by atoms with van der Waals surface area (Å²) in [5.74, 6) is 0. The molecule has 1 heterocycles. The number of aryl methyl sites for hydroxylation is 2. The van der Waals surface area contributed by atoms with Crippen LogP contribution in [0.25, 0.3) is 11.8 Å². The number of aromatic nitrogens is 1. The Kier molecular flexibility index (Phi) is 13.3. The monoisotopic (exact) mass is 411 g/mol. The number of hydrogen-bond acceptors (Lipinski definition) is 1. The Labute approximate surface area is 219 Å². The van der Waals surface area contributed by atoms with Gasteiger partial charge in [0, 0.05) is 5.69 Å². The van der Waals surface area contributed by atoms with E-state index in [9.17, 15) is 4.79 Å². The van der Waals surface area contributed by atoms with E-state index < -0.39 is 0 Å². The van der Waals surface area contributed by atoms with Gasteiger partial charge in [0.25, 0.3) is 0 Å². The van der Waals surface area contributed by atoms with Gasteiger partial charge in [0.2, 0.25) is 0 Å². The first-order valence-corrected chi connectivity index (χ1v) is 9.34. The molecule has 3 heteroatoms. The molecule has 0 radical (unpaired) electrons. The zero-order valence-electron chi connectivity index (χ0n) is 18.7. The summed E-state index contributed by atoms with van der Waals surface area (Å²) in [6.45, 7) is 12.0. The van der Waals surface area contributed by atoms with Crippen LogP contribution in [-0.2, 0) is 17.6 Å². The van der Waals surface area contributed by atoms with Gasteiger partial charge in [-0.1, -0.05) is 45.0 Å². The van der Waals surface area contributed by atoms with Crippen LogP contribution in [0.15, 0.2) is 55.1 Å². The van der Waals surface area contributed by atoms with Gasteiger partial charge >= 0.3 is 51.4 Å². The van der Waals surface area contributed by atoms with Gasteiger partial charge in [0.15, 0.2) is 0 Å². The van der Waals surface area contributed by atoms with Crippen LogP contribution in [0.3, 0.4) is 0 Å². The molecule has 2 aromatic carbocycles. The Balaban J connectivity index is 0.000000667. The van der Waals surface area contributed by atoms with E-state index in [1.165, 1.54) is 11.1 Å². The standard InChI is InChI=1S/C17H18NO.C8H9.CH3.K/c1-5-14-8-7-9-15(10-14)18-12(3)16(6-2)17(11-19)13(18)4;1-2-8-6-4-3-5-7-8;;/h6-10H,2,5H2,1,3-4H3;4-7H,2H2,1H3;1H3;/q3*-1;+1. The average molecular weight is 412 g/mol. The average Bonchev–Trinajstić information content (AvgIpc) is 2.97. The SMILES string of the molecule is C=Cc1c([C-]=O)c(C)n(-c2cccc(CC)c2)c1C.CCc1cc[c-]cc1.[CH3-].[K+]. The van der Waals surface area contributed by atoms with Crippen LogP contribution >= 0.6 is 0 Å². The van der Waals surface area contributed by atoms with Crippen LogP contribution in [0, 0.1) is 27.3 Å². The molecule has 2 nitrogen and oxygen atoms in total. The first-order chi connectivity index (χ1) is 13.1. The van der Waals surface area contributed by atoms with Crippen molar-refractivity contribution in [2.75, 3.05) is 0 Å². The van der Waals surface area contributed by atoms with Crippen LogP contribution in [0.4, 0.5) is 0 Å². The quantitative estimate of drug-likeness (QED) is 0.467. The Hall–Kier alpha value is -1.23. The van der Waals surface area contributed by atoms with Crippen molar-refractivity contribution in [3.8, 4) is 5.69 Å². The molecule has 0 unspecified atom stereocenters. The third-order valence-electron chi connectivity index (χ3n) is 4.77. The van der Waals surface area contributed by atoms with Gasteiger partial charge in [-0.05, 0) is 36.7 Å². The van der Waals surface area contributed by atoms with Crippen molar-refractivity contribution in [1.82, 2.24) is 4.57 Å². The Morgan fingerprint density at radius 2 is 1.66 bits per heavy atom. The second-order valence-electron chi connectivity index (χ2n) is 6.39. The maximum absolute atomic E-state index is 11.1. The summed E-state index contributed by atoms with van der Waals surface area (Å²) < 4.78 is 2.09. The number of rotatable bonds is 5. The van der Waals surface area contributed by atoms with E-state index in [2.05, 4.69) is 61.4 Å². The minimum Gasteiger partial charge on any atom is -0.383 e. The molecule has 29 heavy (non-hydrogen) atoms. The van der Waals surface area contributed by atoms with Gasteiger partial charge in [-0.2, -0.15) is 35.9 Å². The van der Waals surface area contributed by atoms with Crippen molar-refractivity contribution in [2.45, 2.75) is 40.5 Å². The summed E-state index contributed by atoms with van der Waals surface area (Å²) in [5.41, 5.74) is 7.16. The molecule has 0 N–H and O–H groups in total.